The van der Waals surface area contributed by atoms with E-state index < -0.39 is 62.0 Å². The molecule has 2 aromatic heterocycles. The molecule has 0 bridgehead atoms. The van der Waals surface area contributed by atoms with Gasteiger partial charge < -0.3 is 39.5 Å². The Morgan fingerprint density at radius 1 is 1.23 bits per heavy atom. The molecule has 1 saturated heterocycles. The quantitative estimate of drug-likeness (QED) is 0.125. The van der Waals surface area contributed by atoms with Crippen LogP contribution in [0.3, 0.4) is 0 Å². The fourth-order valence-corrected chi connectivity index (χ4v) is 7.57. The molecule has 7 atom stereocenters. The minimum atomic E-state index is -4.85. The number of aromatic nitrogens is 3. The molecule has 40 heavy (non-hydrogen) atoms. The summed E-state index contributed by atoms with van der Waals surface area (Å²) < 4.78 is 54.2. The summed E-state index contributed by atoms with van der Waals surface area (Å²) in [7, 11) is -12.4. The van der Waals surface area contributed by atoms with Crippen molar-refractivity contribution in [2.75, 3.05) is 24.1 Å². The first-order valence-corrected chi connectivity index (χ1v) is 17.5. The van der Waals surface area contributed by atoms with E-state index in [-0.39, 0.29) is 16.8 Å². The fourth-order valence-electron chi connectivity index (χ4n) is 4.16. The number of hydrogen-bond acceptors (Lipinski definition) is 11. The van der Waals surface area contributed by atoms with Crippen LogP contribution in [0.15, 0.2) is 41.4 Å². The molecule has 0 saturated carbocycles. The van der Waals surface area contributed by atoms with Gasteiger partial charge in [0, 0.05) is 17.2 Å². The van der Waals surface area contributed by atoms with Crippen molar-refractivity contribution in [3.8, 4) is 0 Å². The third-order valence-corrected chi connectivity index (χ3v) is 10.9. The lowest BCUT2D eigenvalue weighted by Gasteiger charge is -2.19. The number of hydrogen-bond donors (Lipinski definition) is 7. The van der Waals surface area contributed by atoms with Crippen LogP contribution in [0.5, 0.6) is 0 Å². The molecule has 15 nitrogen and oxygen atoms in total. The predicted octanol–water partition coefficient (Wildman–Crippen LogP) is 2.25. The summed E-state index contributed by atoms with van der Waals surface area (Å²) in [6.07, 6.45) is -3.03. The Morgan fingerprint density at radius 3 is 2.48 bits per heavy atom. The summed E-state index contributed by atoms with van der Waals surface area (Å²) >= 11 is 6.27. The zero-order chi connectivity index (χ0) is 29.6. The topological polar surface area (TPSA) is 237 Å². The molecule has 4 rings (SSSR count). The van der Waals surface area contributed by atoms with Gasteiger partial charge in [-0.3, -0.25) is 9.13 Å². The van der Waals surface area contributed by atoms with Crippen molar-refractivity contribution in [1.82, 2.24) is 14.8 Å². The van der Waals surface area contributed by atoms with E-state index >= 15 is 0 Å². The Labute approximate surface area is 233 Å². The van der Waals surface area contributed by atoms with Gasteiger partial charge in [0.15, 0.2) is 17.8 Å². The van der Waals surface area contributed by atoms with Gasteiger partial charge >= 0.3 is 15.2 Å². The third-order valence-electron chi connectivity index (χ3n) is 6.12. The van der Waals surface area contributed by atoms with Crippen LogP contribution in [0.25, 0.3) is 11.0 Å². The average Bonchev–Trinajstić information content (AvgIpc) is 3.36. The van der Waals surface area contributed by atoms with Crippen LogP contribution in [-0.2, 0) is 28.1 Å². The summed E-state index contributed by atoms with van der Waals surface area (Å²) in [5.41, 5.74) is 1.55. The summed E-state index contributed by atoms with van der Waals surface area (Å²) in [6.45, 7) is 1.13. The predicted molar refractivity (Wildman–Crippen MR) is 145 cm³/mol. The largest absolute Gasteiger partial charge is 0.387 e. The van der Waals surface area contributed by atoms with Gasteiger partial charge in [0.2, 0.25) is 0 Å². The maximum absolute atomic E-state index is 12.0. The van der Waals surface area contributed by atoms with Crippen molar-refractivity contribution in [2.24, 2.45) is 0 Å². The Hall–Kier alpha value is -1.94. The molecule has 1 fully saturated rings. The monoisotopic (exact) mass is 639 g/mol. The van der Waals surface area contributed by atoms with Crippen LogP contribution < -0.4 is 5.32 Å². The first-order chi connectivity index (χ1) is 18.4. The first-order valence-electron chi connectivity index (χ1n) is 11.6. The molecule has 0 spiro atoms. The summed E-state index contributed by atoms with van der Waals surface area (Å²) in [5, 5.41) is 29.2. The highest BCUT2D eigenvalue weighted by Crippen LogP contribution is 2.55. The van der Waals surface area contributed by atoms with E-state index in [1.807, 2.05) is 6.92 Å². The normalized spacial score (nSPS) is 25.4. The van der Waals surface area contributed by atoms with E-state index in [0.717, 1.165) is 5.56 Å². The molecule has 220 valence electrons. The van der Waals surface area contributed by atoms with Gasteiger partial charge in [0.1, 0.15) is 23.5 Å². The molecule has 3 heterocycles. The highest BCUT2D eigenvalue weighted by Gasteiger charge is 2.46. The lowest BCUT2D eigenvalue weighted by atomic mass is 10.1. The van der Waals surface area contributed by atoms with E-state index in [2.05, 4.69) is 15.4 Å². The van der Waals surface area contributed by atoms with Gasteiger partial charge in [-0.1, -0.05) is 23.7 Å². The van der Waals surface area contributed by atoms with Gasteiger partial charge in [-0.2, -0.15) is 5.10 Å². The standard InChI is InChI=1S/C21H28ClN5O10P2S/c1-11(12-3-5-13(6-4-12)40(2,23)35)25-15-7-17(22)26-20-14(15)8-24-27(20)21-19(29)18(28)16(37-21)9-36-39(33,34)10-38(30,31)32/h3-8,11,16,18-19,21,23,28-29H,9-10H2,1-2H3,(H,25,26)(H,33,34)(H2,30,31,32)/t11-,16+,18+,19+,21+,40?/m0/s1. The smallest absolute Gasteiger partial charge is 0.340 e. The maximum Gasteiger partial charge on any atom is 0.340 e. The molecule has 0 amide bonds. The van der Waals surface area contributed by atoms with Crippen LogP contribution in [0, 0.1) is 4.78 Å². The number of nitrogens with zero attached hydrogens (tertiary/aromatic N) is 3. The van der Waals surface area contributed by atoms with Gasteiger partial charge in [0.25, 0.3) is 0 Å². The van der Waals surface area contributed by atoms with E-state index in [1.165, 1.54) is 17.1 Å². The minimum absolute atomic E-state index is 0.0748. The highest BCUT2D eigenvalue weighted by molar-refractivity contribution is 7.91. The van der Waals surface area contributed by atoms with E-state index in [0.29, 0.717) is 16.0 Å². The van der Waals surface area contributed by atoms with Crippen LogP contribution >= 0.6 is 26.8 Å². The molecule has 19 heteroatoms. The molecule has 0 aliphatic carbocycles. The number of anilines is 1. The molecular formula is C21H28ClN5O10P2S. The van der Waals surface area contributed by atoms with Gasteiger partial charge in [0.05, 0.1) is 33.6 Å². The molecule has 1 aliphatic heterocycles. The molecule has 7 N–H and O–H groups in total. The van der Waals surface area contributed by atoms with Gasteiger partial charge in [-0.05, 0) is 30.7 Å². The molecule has 0 radical (unpaired) electrons. The first kappa shape index (κ1) is 31.0. The van der Waals surface area contributed by atoms with Crippen LogP contribution in [0.4, 0.5) is 5.69 Å². The van der Waals surface area contributed by atoms with E-state index in [1.54, 1.807) is 30.3 Å². The number of rotatable bonds is 10. The average molecular weight is 640 g/mol. The number of benzene rings is 1. The van der Waals surface area contributed by atoms with Crippen LogP contribution in [0.2, 0.25) is 5.15 Å². The Balaban J connectivity index is 1.54. The van der Waals surface area contributed by atoms with Crippen LogP contribution in [0.1, 0.15) is 24.8 Å². The molecule has 1 aromatic carbocycles. The lowest BCUT2D eigenvalue weighted by Crippen LogP contribution is -2.33. The summed E-state index contributed by atoms with van der Waals surface area (Å²) in [6, 6.07) is 8.07. The molecule has 2 unspecified atom stereocenters. The lowest BCUT2D eigenvalue weighted by molar-refractivity contribution is -0.0541. The SMILES string of the molecule is C[C@H](Nc1cc(Cl)nc2c1cnn2[C@@H]1O[C@H](COP(=O)(O)CP(=O)(O)O)[C@@H](O)[C@H]1O)c1ccc(S(C)(=N)=O)cc1. The number of aliphatic hydroxyl groups excluding tert-OH is 2. The number of halogens is 1. The number of ether oxygens (including phenoxy) is 1. The number of pyridine rings is 1. The Morgan fingerprint density at radius 2 is 1.88 bits per heavy atom. The zero-order valence-corrected chi connectivity index (χ0v) is 24.4. The second-order valence-electron chi connectivity index (χ2n) is 9.38. The van der Waals surface area contributed by atoms with Crippen molar-refractivity contribution in [3.63, 3.8) is 0 Å². The Bertz CT molecular complexity index is 1600. The number of aliphatic hydroxyl groups is 2. The van der Waals surface area contributed by atoms with Crippen molar-refractivity contribution < 1.29 is 47.5 Å². The molecule has 1 aliphatic rings. The zero-order valence-electron chi connectivity index (χ0n) is 21.1. The number of fused-ring (bicyclic) bond motifs is 1. The number of nitrogens with one attached hydrogen (secondary N) is 2. The summed E-state index contributed by atoms with van der Waals surface area (Å²) in [5.74, 6) is -1.41. The second-order valence-corrected chi connectivity index (χ2v) is 15.9. The van der Waals surface area contributed by atoms with Crippen molar-refractivity contribution in [2.45, 2.75) is 42.4 Å². The van der Waals surface area contributed by atoms with Crippen molar-refractivity contribution in [3.05, 3.63) is 47.2 Å². The van der Waals surface area contributed by atoms with Crippen molar-refractivity contribution in [1.29, 1.82) is 4.78 Å². The second kappa shape index (κ2) is 11.4. The van der Waals surface area contributed by atoms with Gasteiger partial charge in [-0.25, -0.2) is 18.7 Å². The fraction of sp³-hybridized carbons (Fsp3) is 0.429. The van der Waals surface area contributed by atoms with Crippen molar-refractivity contribution >= 4 is 53.2 Å². The third kappa shape index (κ3) is 7.09. The molecular weight excluding hydrogens is 612 g/mol. The van der Waals surface area contributed by atoms with Crippen LogP contribution in [-0.4, -0.2) is 80.9 Å². The van der Waals surface area contributed by atoms with E-state index in [4.69, 9.17) is 35.4 Å². The maximum atomic E-state index is 12.0. The minimum Gasteiger partial charge on any atom is -0.387 e. The summed E-state index contributed by atoms with van der Waals surface area (Å²) in [4.78, 5) is 32.2. The molecule has 3 aromatic rings. The highest BCUT2D eigenvalue weighted by atomic mass is 35.5. The Kier molecular flexibility index (Phi) is 8.82. The van der Waals surface area contributed by atoms with E-state index in [9.17, 15) is 28.4 Å². The van der Waals surface area contributed by atoms with Gasteiger partial charge in [-0.15, -0.1) is 0 Å².